The molecule has 1 unspecified atom stereocenters. The Labute approximate surface area is 257 Å². The number of ether oxygens (including phenoxy) is 2. The molecule has 3 heterocycles. The second-order valence-electron chi connectivity index (χ2n) is 10.5. The van der Waals surface area contributed by atoms with Crippen molar-refractivity contribution in [3.8, 4) is 23.3 Å². The smallest absolute Gasteiger partial charge is 0.408 e. The second-order valence-corrected chi connectivity index (χ2v) is 11.7. The lowest BCUT2D eigenvalue weighted by atomic mass is 10.1. The number of aromatic nitrogens is 3. The fourth-order valence-corrected chi connectivity index (χ4v) is 6.10. The van der Waals surface area contributed by atoms with Crippen molar-refractivity contribution in [2.45, 2.75) is 43.2 Å². The van der Waals surface area contributed by atoms with E-state index in [-0.39, 0.29) is 6.61 Å². The monoisotopic (exact) mass is 602 g/mol. The minimum Gasteiger partial charge on any atom is -0.487 e. The van der Waals surface area contributed by atoms with Gasteiger partial charge < -0.3 is 20.0 Å². The number of alkyl carbamates (subject to hydrolysis) is 1. The van der Waals surface area contributed by atoms with Crippen molar-refractivity contribution in [3.05, 3.63) is 77.9 Å². The van der Waals surface area contributed by atoms with Crippen LogP contribution in [0.1, 0.15) is 36.1 Å². The number of benzene rings is 1. The third-order valence-electron chi connectivity index (χ3n) is 7.30. The Balaban J connectivity index is 1.12. The van der Waals surface area contributed by atoms with Gasteiger partial charge >= 0.3 is 6.09 Å². The van der Waals surface area contributed by atoms with E-state index in [1.54, 1.807) is 18.0 Å². The van der Waals surface area contributed by atoms with Crippen molar-refractivity contribution >= 4 is 17.9 Å². The van der Waals surface area contributed by atoms with E-state index in [1.807, 2.05) is 49.6 Å². The van der Waals surface area contributed by atoms with Crippen LogP contribution in [-0.4, -0.2) is 86.9 Å². The van der Waals surface area contributed by atoms with Crippen molar-refractivity contribution in [1.29, 1.82) is 0 Å². The van der Waals surface area contributed by atoms with Gasteiger partial charge in [-0.15, -0.1) is 0 Å². The number of hydroxylamine groups is 2. The fraction of sp³-hybridized carbons (Fsp3) is 0.406. The number of allylic oxidation sites excluding steroid dienone is 1. The molecule has 1 aromatic carbocycles. The third-order valence-corrected chi connectivity index (χ3v) is 8.50. The highest BCUT2D eigenvalue weighted by atomic mass is 32.2. The number of piperazine rings is 1. The van der Waals surface area contributed by atoms with E-state index >= 15 is 0 Å². The predicted octanol–water partition coefficient (Wildman–Crippen LogP) is 4.44. The summed E-state index contributed by atoms with van der Waals surface area (Å²) in [6.45, 7) is 6.31. The third kappa shape index (κ3) is 9.08. The number of nitrogens with zero attached hydrogens (tertiary/aromatic N) is 5. The Hall–Kier alpha value is -3.82. The van der Waals surface area contributed by atoms with Gasteiger partial charge in [-0.2, -0.15) is 5.06 Å². The van der Waals surface area contributed by atoms with E-state index in [0.717, 1.165) is 59.3 Å². The number of rotatable bonds is 10. The molecule has 1 atom stereocenters. The Kier molecular flexibility index (Phi) is 11.1. The normalized spacial score (nSPS) is 17.2. The molecule has 10 nitrogen and oxygen atoms in total. The van der Waals surface area contributed by atoms with E-state index < -0.39 is 6.09 Å². The number of carbonyl (C=O) groups excluding carboxylic acids is 1. The first kappa shape index (κ1) is 30.6. The van der Waals surface area contributed by atoms with Crippen LogP contribution in [0.5, 0.6) is 5.75 Å². The number of thioether (sulfide) groups is 1. The molecule has 11 heteroatoms. The van der Waals surface area contributed by atoms with Gasteiger partial charge in [0.25, 0.3) is 0 Å². The van der Waals surface area contributed by atoms with Crippen LogP contribution < -0.4 is 10.1 Å². The summed E-state index contributed by atoms with van der Waals surface area (Å²) in [5.74, 6) is 6.73. The lowest BCUT2D eigenvalue weighted by molar-refractivity contribution is -0.117. The van der Waals surface area contributed by atoms with Crippen LogP contribution in [0.3, 0.4) is 0 Å². The standard InChI is InChI=1S/C32H38N6O4S/c1-25-21-29(12-11-26(25)7-6-20-41-32(39)34-14-15-36-16-18-37(40)19-17-36)42-24-28-23-35-31(43-30-9-3-2-4-10-30)38(28)27-8-5-13-33-22-27/h3,5,8-9,11-13,21-23,30,40H,2,4,10,14-20,24H2,1H3,(H,34,39). The molecule has 5 rings (SSSR count). The SMILES string of the molecule is Cc1cc(OCc2cnc(SC3C=CCCC3)n2-c2cccnc2)ccc1C#CCOC(=O)NCCN1CCN(O)CC1. The van der Waals surface area contributed by atoms with Gasteiger partial charge in [-0.25, -0.2) is 9.78 Å². The van der Waals surface area contributed by atoms with Crippen molar-refractivity contribution in [2.24, 2.45) is 0 Å². The number of hydrogen-bond acceptors (Lipinski definition) is 9. The minimum absolute atomic E-state index is 0.00202. The molecule has 0 radical (unpaired) electrons. The van der Waals surface area contributed by atoms with E-state index in [9.17, 15) is 10.0 Å². The second kappa shape index (κ2) is 15.6. The molecule has 226 valence electrons. The zero-order valence-electron chi connectivity index (χ0n) is 24.4. The van der Waals surface area contributed by atoms with E-state index in [0.29, 0.717) is 38.0 Å². The molecule has 0 bridgehead atoms. The van der Waals surface area contributed by atoms with Crippen molar-refractivity contribution in [2.75, 3.05) is 45.9 Å². The van der Waals surface area contributed by atoms with Crippen molar-refractivity contribution in [1.82, 2.24) is 29.8 Å². The van der Waals surface area contributed by atoms with Crippen LogP contribution in [-0.2, 0) is 11.3 Å². The zero-order chi connectivity index (χ0) is 29.9. The molecular weight excluding hydrogens is 564 g/mol. The van der Waals surface area contributed by atoms with E-state index in [4.69, 9.17) is 14.5 Å². The number of hydrogen-bond donors (Lipinski definition) is 2. The van der Waals surface area contributed by atoms with Crippen LogP contribution in [0.15, 0.2) is 66.2 Å². The molecule has 2 aromatic heterocycles. The Bertz CT molecular complexity index is 1440. The first-order chi connectivity index (χ1) is 21.0. The molecule has 1 amide bonds. The number of amides is 1. The first-order valence-electron chi connectivity index (χ1n) is 14.6. The number of aryl methyl sites for hydroxylation is 1. The summed E-state index contributed by atoms with van der Waals surface area (Å²) in [4.78, 5) is 23.2. The van der Waals surface area contributed by atoms with Gasteiger partial charge in [0.15, 0.2) is 11.8 Å². The van der Waals surface area contributed by atoms with E-state index in [1.165, 1.54) is 11.5 Å². The maximum absolute atomic E-state index is 12.0. The summed E-state index contributed by atoms with van der Waals surface area (Å²) < 4.78 is 13.5. The highest BCUT2D eigenvalue weighted by Gasteiger charge is 2.18. The first-order valence-corrected chi connectivity index (χ1v) is 15.5. The average molecular weight is 603 g/mol. The lowest BCUT2D eigenvalue weighted by Gasteiger charge is -2.30. The van der Waals surface area contributed by atoms with Crippen LogP contribution in [0.4, 0.5) is 4.79 Å². The molecule has 1 saturated heterocycles. The van der Waals surface area contributed by atoms with Crippen LogP contribution in [0.25, 0.3) is 5.69 Å². The minimum atomic E-state index is -0.488. The van der Waals surface area contributed by atoms with E-state index in [2.05, 4.69) is 43.8 Å². The van der Waals surface area contributed by atoms with Gasteiger partial charge in [0, 0.05) is 56.3 Å². The Morgan fingerprint density at radius 3 is 2.86 bits per heavy atom. The summed E-state index contributed by atoms with van der Waals surface area (Å²) >= 11 is 1.77. The molecule has 1 aliphatic carbocycles. The van der Waals surface area contributed by atoms with Gasteiger partial charge in [-0.1, -0.05) is 35.8 Å². The number of nitrogens with one attached hydrogen (secondary N) is 1. The van der Waals surface area contributed by atoms with Crippen molar-refractivity contribution < 1.29 is 19.5 Å². The number of imidazole rings is 1. The van der Waals surface area contributed by atoms with Gasteiger partial charge in [0.05, 0.1) is 23.8 Å². The molecule has 2 N–H and O–H groups in total. The quantitative estimate of drug-likeness (QED) is 0.257. The Morgan fingerprint density at radius 1 is 1.21 bits per heavy atom. The van der Waals surface area contributed by atoms with Gasteiger partial charge in [-0.3, -0.25) is 14.5 Å². The summed E-state index contributed by atoms with van der Waals surface area (Å²) in [5.41, 5.74) is 3.72. The number of pyridine rings is 1. The van der Waals surface area contributed by atoms with Gasteiger partial charge in [0.2, 0.25) is 0 Å². The Morgan fingerprint density at radius 2 is 2.09 bits per heavy atom. The van der Waals surface area contributed by atoms with Crippen LogP contribution >= 0.6 is 11.8 Å². The van der Waals surface area contributed by atoms with Gasteiger partial charge in [-0.05, 0) is 62.1 Å². The summed E-state index contributed by atoms with van der Waals surface area (Å²) in [7, 11) is 0. The van der Waals surface area contributed by atoms with Gasteiger partial charge in [0.1, 0.15) is 12.4 Å². The molecule has 0 spiro atoms. The van der Waals surface area contributed by atoms with Crippen LogP contribution in [0, 0.1) is 18.8 Å². The summed E-state index contributed by atoms with van der Waals surface area (Å²) in [5, 5.41) is 14.8. The zero-order valence-corrected chi connectivity index (χ0v) is 25.3. The molecule has 0 saturated carbocycles. The molecule has 2 aliphatic rings. The maximum Gasteiger partial charge on any atom is 0.408 e. The van der Waals surface area contributed by atoms with Crippen LogP contribution in [0.2, 0.25) is 0 Å². The topological polar surface area (TPSA) is 105 Å². The molecule has 1 fully saturated rings. The average Bonchev–Trinajstić information content (AvgIpc) is 3.43. The highest BCUT2D eigenvalue weighted by molar-refractivity contribution is 7.99. The largest absolute Gasteiger partial charge is 0.487 e. The number of carbonyl (C=O) groups is 1. The summed E-state index contributed by atoms with van der Waals surface area (Å²) in [6, 6.07) is 9.73. The fourth-order valence-electron chi connectivity index (χ4n) is 4.91. The maximum atomic E-state index is 12.0. The molecule has 3 aromatic rings. The lowest BCUT2D eigenvalue weighted by Crippen LogP contribution is -2.47. The molecule has 43 heavy (non-hydrogen) atoms. The van der Waals surface area contributed by atoms with Crippen molar-refractivity contribution in [3.63, 3.8) is 0 Å². The molecule has 1 aliphatic heterocycles. The highest BCUT2D eigenvalue weighted by Crippen LogP contribution is 2.32. The predicted molar refractivity (Wildman–Crippen MR) is 166 cm³/mol. The summed E-state index contributed by atoms with van der Waals surface area (Å²) in [6.07, 6.45) is 13.0. The molecular formula is C32H38N6O4S.